The van der Waals surface area contributed by atoms with Crippen LogP contribution in [0.5, 0.6) is 0 Å². The number of hydrogen-bond donors (Lipinski definition) is 1. The lowest BCUT2D eigenvalue weighted by Gasteiger charge is -2.08. The molecule has 0 saturated carbocycles. The maximum absolute atomic E-state index is 12.4. The predicted molar refractivity (Wildman–Crippen MR) is 96.8 cm³/mol. The van der Waals surface area contributed by atoms with E-state index in [1.54, 1.807) is 24.3 Å². The molecule has 0 aliphatic carbocycles. The maximum atomic E-state index is 12.4. The molecule has 5 nitrogen and oxygen atoms in total. The Labute approximate surface area is 146 Å². The standard InChI is InChI=1S/C20H18N4O/c1-14-13-15(2)24(23-14)19-9-5-17(6-10-19)20(25)22-18-7-3-16(4-8-18)11-12-21/h3-10,13H,11H2,1-2H3,(H,22,25). The second-order valence-corrected chi connectivity index (χ2v) is 5.87. The summed E-state index contributed by atoms with van der Waals surface area (Å²) in [6, 6.07) is 18.7. The van der Waals surface area contributed by atoms with Gasteiger partial charge in [0.15, 0.2) is 0 Å². The van der Waals surface area contributed by atoms with Crippen molar-refractivity contribution in [3.05, 3.63) is 77.1 Å². The Morgan fingerprint density at radius 2 is 1.80 bits per heavy atom. The van der Waals surface area contributed by atoms with Gasteiger partial charge in [-0.2, -0.15) is 10.4 Å². The monoisotopic (exact) mass is 330 g/mol. The Balaban J connectivity index is 1.72. The van der Waals surface area contributed by atoms with Crippen molar-refractivity contribution >= 4 is 11.6 Å². The largest absolute Gasteiger partial charge is 0.322 e. The minimum absolute atomic E-state index is 0.173. The molecule has 0 fully saturated rings. The van der Waals surface area contributed by atoms with Gasteiger partial charge >= 0.3 is 0 Å². The summed E-state index contributed by atoms with van der Waals surface area (Å²) in [6.45, 7) is 3.95. The third kappa shape index (κ3) is 3.75. The molecule has 0 aliphatic rings. The van der Waals surface area contributed by atoms with E-state index >= 15 is 0 Å². The number of nitrogens with zero attached hydrogens (tertiary/aromatic N) is 3. The van der Waals surface area contributed by atoms with Crippen LogP contribution in [0.2, 0.25) is 0 Å². The number of carbonyl (C=O) groups excluding carboxylic acids is 1. The molecule has 2 aromatic carbocycles. The fourth-order valence-electron chi connectivity index (χ4n) is 2.64. The molecular formula is C20H18N4O. The van der Waals surface area contributed by atoms with Crippen LogP contribution in [-0.4, -0.2) is 15.7 Å². The summed E-state index contributed by atoms with van der Waals surface area (Å²) >= 11 is 0. The van der Waals surface area contributed by atoms with Crippen molar-refractivity contribution in [2.24, 2.45) is 0 Å². The molecule has 5 heteroatoms. The second-order valence-electron chi connectivity index (χ2n) is 5.87. The van der Waals surface area contributed by atoms with Gasteiger partial charge in [0.1, 0.15) is 0 Å². The van der Waals surface area contributed by atoms with Crippen molar-refractivity contribution in [3.8, 4) is 11.8 Å². The zero-order valence-electron chi connectivity index (χ0n) is 14.2. The van der Waals surface area contributed by atoms with Crippen LogP contribution in [0.15, 0.2) is 54.6 Å². The number of aromatic nitrogens is 2. The number of anilines is 1. The van der Waals surface area contributed by atoms with Gasteiger partial charge < -0.3 is 5.32 Å². The molecular weight excluding hydrogens is 312 g/mol. The zero-order valence-corrected chi connectivity index (χ0v) is 14.2. The van der Waals surface area contributed by atoms with Crippen molar-refractivity contribution < 1.29 is 4.79 Å². The summed E-state index contributed by atoms with van der Waals surface area (Å²) in [5.74, 6) is -0.173. The summed E-state index contributed by atoms with van der Waals surface area (Å²) in [6.07, 6.45) is 0.363. The summed E-state index contributed by atoms with van der Waals surface area (Å²) in [5.41, 5.74) is 5.13. The van der Waals surface area contributed by atoms with Gasteiger partial charge in [-0.3, -0.25) is 4.79 Å². The van der Waals surface area contributed by atoms with E-state index in [2.05, 4.69) is 16.5 Å². The van der Waals surface area contributed by atoms with Crippen molar-refractivity contribution in [1.82, 2.24) is 9.78 Å². The molecule has 0 radical (unpaired) electrons. The van der Waals surface area contributed by atoms with Crippen molar-refractivity contribution in [1.29, 1.82) is 5.26 Å². The van der Waals surface area contributed by atoms with Crippen LogP contribution in [0.3, 0.4) is 0 Å². The summed E-state index contributed by atoms with van der Waals surface area (Å²) < 4.78 is 1.85. The Morgan fingerprint density at radius 1 is 1.12 bits per heavy atom. The topological polar surface area (TPSA) is 70.7 Å². The summed E-state index contributed by atoms with van der Waals surface area (Å²) in [4.78, 5) is 12.4. The highest BCUT2D eigenvalue weighted by atomic mass is 16.1. The van der Waals surface area contributed by atoms with E-state index in [0.29, 0.717) is 17.7 Å². The van der Waals surface area contributed by atoms with Gasteiger partial charge in [0.25, 0.3) is 5.91 Å². The highest BCUT2D eigenvalue weighted by Crippen LogP contribution is 2.15. The predicted octanol–water partition coefficient (Wildman–Crippen LogP) is 3.81. The molecule has 1 heterocycles. The molecule has 3 rings (SSSR count). The Bertz CT molecular complexity index is 931. The number of aryl methyl sites for hydroxylation is 2. The van der Waals surface area contributed by atoms with Crippen LogP contribution in [0, 0.1) is 25.2 Å². The maximum Gasteiger partial charge on any atom is 0.255 e. The first-order chi connectivity index (χ1) is 12.1. The quantitative estimate of drug-likeness (QED) is 0.791. The fraction of sp³-hybridized carbons (Fsp3) is 0.150. The Kier molecular flexibility index (Phi) is 4.62. The number of rotatable bonds is 4. The number of benzene rings is 2. The third-order valence-corrected chi connectivity index (χ3v) is 3.88. The lowest BCUT2D eigenvalue weighted by molar-refractivity contribution is 0.102. The summed E-state index contributed by atoms with van der Waals surface area (Å²) in [5, 5.41) is 16.0. The molecule has 0 aliphatic heterocycles. The first kappa shape index (κ1) is 16.5. The van der Waals surface area contributed by atoms with E-state index in [1.807, 2.05) is 48.9 Å². The van der Waals surface area contributed by atoms with E-state index in [1.165, 1.54) is 0 Å². The Morgan fingerprint density at radius 3 is 2.36 bits per heavy atom. The van der Waals surface area contributed by atoms with E-state index < -0.39 is 0 Å². The molecule has 3 aromatic rings. The highest BCUT2D eigenvalue weighted by Gasteiger charge is 2.08. The first-order valence-electron chi connectivity index (χ1n) is 7.98. The Hall–Kier alpha value is -3.39. The van der Waals surface area contributed by atoms with Gasteiger partial charge in [-0.1, -0.05) is 12.1 Å². The van der Waals surface area contributed by atoms with Crippen LogP contribution < -0.4 is 5.32 Å². The number of amides is 1. The summed E-state index contributed by atoms with van der Waals surface area (Å²) in [7, 11) is 0. The van der Waals surface area contributed by atoms with E-state index in [4.69, 9.17) is 5.26 Å². The van der Waals surface area contributed by atoms with Gasteiger partial charge in [0, 0.05) is 16.9 Å². The van der Waals surface area contributed by atoms with Gasteiger partial charge in [-0.15, -0.1) is 0 Å². The van der Waals surface area contributed by atoms with E-state index in [0.717, 1.165) is 22.6 Å². The molecule has 25 heavy (non-hydrogen) atoms. The molecule has 1 amide bonds. The van der Waals surface area contributed by atoms with E-state index in [9.17, 15) is 4.79 Å². The average molecular weight is 330 g/mol. The molecule has 1 aromatic heterocycles. The number of carbonyl (C=O) groups is 1. The molecule has 1 N–H and O–H groups in total. The molecule has 0 saturated heterocycles. The first-order valence-corrected chi connectivity index (χ1v) is 7.98. The lowest BCUT2D eigenvalue weighted by Crippen LogP contribution is -2.12. The SMILES string of the molecule is Cc1cc(C)n(-c2ccc(C(=O)Nc3ccc(CC#N)cc3)cc2)n1. The minimum atomic E-state index is -0.173. The minimum Gasteiger partial charge on any atom is -0.322 e. The molecule has 0 bridgehead atoms. The van der Waals surface area contributed by atoms with Gasteiger partial charge in [0.05, 0.1) is 23.9 Å². The highest BCUT2D eigenvalue weighted by molar-refractivity contribution is 6.04. The van der Waals surface area contributed by atoms with E-state index in [-0.39, 0.29) is 5.91 Å². The van der Waals surface area contributed by atoms with Gasteiger partial charge in [0.2, 0.25) is 0 Å². The second kappa shape index (κ2) is 7.02. The van der Waals surface area contributed by atoms with Crippen LogP contribution >= 0.6 is 0 Å². The molecule has 0 unspecified atom stereocenters. The zero-order chi connectivity index (χ0) is 17.8. The van der Waals surface area contributed by atoms with Crippen LogP contribution in [-0.2, 0) is 6.42 Å². The fourth-order valence-corrected chi connectivity index (χ4v) is 2.64. The number of nitriles is 1. The lowest BCUT2D eigenvalue weighted by atomic mass is 10.1. The van der Waals surface area contributed by atoms with Crippen LogP contribution in [0.25, 0.3) is 5.69 Å². The normalized spacial score (nSPS) is 10.3. The molecule has 124 valence electrons. The van der Waals surface area contributed by atoms with Gasteiger partial charge in [-0.05, 0) is 61.9 Å². The van der Waals surface area contributed by atoms with Crippen molar-refractivity contribution in [3.63, 3.8) is 0 Å². The van der Waals surface area contributed by atoms with Crippen molar-refractivity contribution in [2.45, 2.75) is 20.3 Å². The number of hydrogen-bond acceptors (Lipinski definition) is 3. The average Bonchev–Trinajstić information content (AvgIpc) is 2.95. The third-order valence-electron chi connectivity index (χ3n) is 3.88. The smallest absolute Gasteiger partial charge is 0.255 e. The molecule has 0 spiro atoms. The number of nitrogens with one attached hydrogen (secondary N) is 1. The van der Waals surface area contributed by atoms with Crippen LogP contribution in [0.4, 0.5) is 5.69 Å². The van der Waals surface area contributed by atoms with Crippen LogP contribution in [0.1, 0.15) is 27.3 Å². The van der Waals surface area contributed by atoms with Crippen molar-refractivity contribution in [2.75, 3.05) is 5.32 Å². The molecule has 0 atom stereocenters. The van der Waals surface area contributed by atoms with Gasteiger partial charge in [-0.25, -0.2) is 4.68 Å².